The Labute approximate surface area is 172 Å². The van der Waals surface area contributed by atoms with Crippen molar-refractivity contribution in [1.29, 1.82) is 0 Å². The lowest BCUT2D eigenvalue weighted by Gasteiger charge is -2.08. The van der Waals surface area contributed by atoms with Gasteiger partial charge >= 0.3 is 0 Å². The van der Waals surface area contributed by atoms with Gasteiger partial charge in [-0.1, -0.05) is 28.9 Å². The number of nitrogens with two attached hydrogens (primary N) is 1. The molecule has 0 aliphatic carbocycles. The number of aliphatic hydroxyl groups is 1. The first-order valence-electron chi connectivity index (χ1n) is 8.44. The number of rotatable bonds is 6. The number of hydrogen-bond donors (Lipinski definition) is 2. The maximum absolute atomic E-state index is 12.7. The Morgan fingerprint density at radius 1 is 1.34 bits per heavy atom. The highest BCUT2D eigenvalue weighted by Gasteiger charge is 2.18. The van der Waals surface area contributed by atoms with Crippen LogP contribution in [0.1, 0.15) is 33.7 Å². The Hall–Kier alpha value is -3.08. The summed E-state index contributed by atoms with van der Waals surface area (Å²) in [7, 11) is 0. The van der Waals surface area contributed by atoms with E-state index in [0.717, 1.165) is 0 Å². The van der Waals surface area contributed by atoms with Gasteiger partial charge in [0, 0.05) is 16.8 Å². The molecule has 148 valence electrons. The molecule has 29 heavy (non-hydrogen) atoms. The van der Waals surface area contributed by atoms with Gasteiger partial charge in [-0.3, -0.25) is 14.2 Å². The second kappa shape index (κ2) is 7.74. The Bertz CT molecular complexity index is 1250. The summed E-state index contributed by atoms with van der Waals surface area (Å²) in [6.07, 6.45) is 0.647. The van der Waals surface area contributed by atoms with Gasteiger partial charge in [-0.05, 0) is 17.7 Å². The van der Waals surface area contributed by atoms with Crippen LogP contribution in [-0.4, -0.2) is 30.7 Å². The van der Waals surface area contributed by atoms with Crippen molar-refractivity contribution in [1.82, 2.24) is 19.7 Å². The van der Waals surface area contributed by atoms with Crippen molar-refractivity contribution in [2.24, 2.45) is 5.73 Å². The van der Waals surface area contributed by atoms with Gasteiger partial charge < -0.3 is 15.4 Å². The van der Waals surface area contributed by atoms with Crippen LogP contribution in [0.15, 0.2) is 45.3 Å². The first-order chi connectivity index (χ1) is 13.9. The average Bonchev–Trinajstić information content (AvgIpc) is 3.32. The molecule has 0 aliphatic heterocycles. The van der Waals surface area contributed by atoms with Crippen LogP contribution in [0.25, 0.3) is 10.2 Å². The van der Waals surface area contributed by atoms with Gasteiger partial charge in [0.25, 0.3) is 5.56 Å². The van der Waals surface area contributed by atoms with Crippen LogP contribution in [0.2, 0.25) is 5.02 Å². The molecule has 3 aromatic heterocycles. The number of carbonyl (C=O) groups excluding carboxylic acids is 1. The van der Waals surface area contributed by atoms with E-state index in [1.807, 2.05) is 0 Å². The summed E-state index contributed by atoms with van der Waals surface area (Å²) in [4.78, 5) is 33.0. The highest BCUT2D eigenvalue weighted by Crippen LogP contribution is 2.21. The monoisotopic (exact) mass is 431 g/mol. The Kier molecular flexibility index (Phi) is 5.14. The summed E-state index contributed by atoms with van der Waals surface area (Å²) in [5.41, 5.74) is 5.70. The second-order valence-corrected chi connectivity index (χ2v) is 7.54. The van der Waals surface area contributed by atoms with Crippen molar-refractivity contribution < 1.29 is 14.4 Å². The Balaban J connectivity index is 1.54. The van der Waals surface area contributed by atoms with Gasteiger partial charge in [-0.25, -0.2) is 4.98 Å². The molecule has 0 aliphatic rings. The smallest absolute Gasteiger partial charge is 0.263 e. The summed E-state index contributed by atoms with van der Waals surface area (Å²) in [5.74, 6) is -0.232. The minimum absolute atomic E-state index is 0.0279. The third kappa shape index (κ3) is 3.90. The largest absolute Gasteiger partial charge is 0.388 e. The molecular weight excluding hydrogens is 418 g/mol. The second-order valence-electron chi connectivity index (χ2n) is 6.25. The van der Waals surface area contributed by atoms with E-state index in [1.54, 1.807) is 24.3 Å². The number of carbonyl (C=O) groups is 1. The predicted octanol–water partition coefficient (Wildman–Crippen LogP) is 1.92. The number of aromatic nitrogens is 4. The fourth-order valence-corrected chi connectivity index (χ4v) is 3.83. The van der Waals surface area contributed by atoms with Crippen LogP contribution in [0.3, 0.4) is 0 Å². The minimum atomic E-state index is -0.831. The van der Waals surface area contributed by atoms with Crippen LogP contribution >= 0.6 is 22.9 Å². The molecule has 9 nitrogen and oxygen atoms in total. The molecule has 0 unspecified atom stereocenters. The van der Waals surface area contributed by atoms with Gasteiger partial charge in [0.2, 0.25) is 11.8 Å². The zero-order valence-electron chi connectivity index (χ0n) is 14.8. The predicted molar refractivity (Wildman–Crippen MR) is 106 cm³/mol. The van der Waals surface area contributed by atoms with Crippen molar-refractivity contribution in [2.75, 3.05) is 0 Å². The highest BCUT2D eigenvalue weighted by molar-refractivity contribution is 7.17. The fraction of sp³-hybridized carbons (Fsp3) is 0.167. The van der Waals surface area contributed by atoms with E-state index in [4.69, 9.17) is 21.9 Å². The molecule has 4 aromatic rings. The van der Waals surface area contributed by atoms with Crippen molar-refractivity contribution in [3.05, 3.63) is 74.2 Å². The number of benzene rings is 1. The number of nitrogens with zero attached hydrogens (tertiary/aromatic N) is 4. The molecule has 0 radical (unpaired) electrons. The number of fused-ring (bicyclic) bond motifs is 1. The quantitative estimate of drug-likeness (QED) is 0.475. The standard InChI is InChI=1S/C18H14ClN5O4S/c19-10-3-1-9(2-4-10)12(25)5-13-22-14(28-23-13)6-24-8-21-17-15(18(24)27)11(7-29-17)16(20)26/h1-4,7-8,12,25H,5-6H2,(H2,20,26)/t12-/m0/s1. The van der Waals surface area contributed by atoms with Crippen molar-refractivity contribution in [3.8, 4) is 0 Å². The topological polar surface area (TPSA) is 137 Å². The van der Waals surface area contributed by atoms with Gasteiger partial charge in [-0.15, -0.1) is 11.3 Å². The lowest BCUT2D eigenvalue weighted by molar-refractivity contribution is 0.100. The van der Waals surface area contributed by atoms with E-state index in [9.17, 15) is 14.7 Å². The summed E-state index contributed by atoms with van der Waals surface area (Å²) in [6, 6.07) is 6.79. The number of thiophene rings is 1. The van der Waals surface area contributed by atoms with Crippen molar-refractivity contribution >= 4 is 39.1 Å². The lowest BCUT2D eigenvalue weighted by atomic mass is 10.1. The normalized spacial score (nSPS) is 12.3. The van der Waals surface area contributed by atoms with Crippen LogP contribution in [0.5, 0.6) is 0 Å². The first-order valence-corrected chi connectivity index (χ1v) is 9.69. The van der Waals surface area contributed by atoms with Gasteiger partial charge in [0.1, 0.15) is 11.4 Å². The van der Waals surface area contributed by atoms with Gasteiger partial charge in [0.15, 0.2) is 5.82 Å². The number of hydrogen-bond acceptors (Lipinski definition) is 8. The van der Waals surface area contributed by atoms with E-state index in [1.165, 1.54) is 27.6 Å². The SMILES string of the molecule is NC(=O)c1csc2ncn(Cc3nc(C[C@H](O)c4ccc(Cl)cc4)no3)c(=O)c12. The van der Waals surface area contributed by atoms with E-state index < -0.39 is 17.6 Å². The molecule has 3 heterocycles. The van der Waals surface area contributed by atoms with Crippen molar-refractivity contribution in [3.63, 3.8) is 0 Å². The molecule has 1 amide bonds. The summed E-state index contributed by atoms with van der Waals surface area (Å²) in [6.45, 7) is -0.0279. The molecule has 3 N–H and O–H groups in total. The first kappa shape index (κ1) is 19.2. The van der Waals surface area contributed by atoms with Crippen LogP contribution in [0, 0.1) is 0 Å². The highest BCUT2D eigenvalue weighted by atomic mass is 35.5. The van der Waals surface area contributed by atoms with Gasteiger partial charge in [-0.2, -0.15) is 4.98 Å². The number of halogens is 1. The Morgan fingerprint density at radius 2 is 2.10 bits per heavy atom. The maximum atomic E-state index is 12.7. The summed E-state index contributed by atoms with van der Waals surface area (Å²) >= 11 is 7.01. The molecule has 1 atom stereocenters. The molecule has 0 bridgehead atoms. The average molecular weight is 432 g/mol. The molecule has 0 saturated heterocycles. The van der Waals surface area contributed by atoms with E-state index in [2.05, 4.69) is 15.1 Å². The minimum Gasteiger partial charge on any atom is -0.388 e. The molecule has 11 heteroatoms. The third-order valence-corrected chi connectivity index (χ3v) is 5.41. The van der Waals surface area contributed by atoms with Crippen LogP contribution < -0.4 is 11.3 Å². The van der Waals surface area contributed by atoms with Crippen molar-refractivity contribution in [2.45, 2.75) is 19.1 Å². The van der Waals surface area contributed by atoms with Gasteiger partial charge in [0.05, 0.1) is 23.4 Å². The molecule has 1 aromatic carbocycles. The lowest BCUT2D eigenvalue weighted by Crippen LogP contribution is -2.23. The maximum Gasteiger partial charge on any atom is 0.263 e. The van der Waals surface area contributed by atoms with E-state index in [0.29, 0.717) is 15.4 Å². The molecule has 0 fully saturated rings. The van der Waals surface area contributed by atoms with Crippen LogP contribution in [0.4, 0.5) is 0 Å². The zero-order valence-corrected chi connectivity index (χ0v) is 16.4. The number of aliphatic hydroxyl groups excluding tert-OH is 1. The summed E-state index contributed by atoms with van der Waals surface area (Å²) < 4.78 is 6.44. The molecule has 4 rings (SSSR count). The number of amides is 1. The Morgan fingerprint density at radius 3 is 2.83 bits per heavy atom. The molecule has 0 saturated carbocycles. The van der Waals surface area contributed by atoms with Crippen LogP contribution in [-0.2, 0) is 13.0 Å². The molecular formula is C18H14ClN5O4S. The zero-order chi connectivity index (χ0) is 20.5. The summed E-state index contributed by atoms with van der Waals surface area (Å²) in [5, 5.41) is 16.4. The van der Waals surface area contributed by atoms with E-state index in [-0.39, 0.29) is 35.6 Å². The number of primary amides is 1. The van der Waals surface area contributed by atoms with E-state index >= 15 is 0 Å². The fourth-order valence-electron chi connectivity index (χ4n) is 2.82. The molecule has 0 spiro atoms. The third-order valence-electron chi connectivity index (χ3n) is 4.27.